The van der Waals surface area contributed by atoms with Gasteiger partial charge in [-0.05, 0) is 48.8 Å². The molecule has 2 saturated heterocycles. The van der Waals surface area contributed by atoms with E-state index in [1.54, 1.807) is 0 Å². The van der Waals surface area contributed by atoms with Gasteiger partial charge >= 0.3 is 6.80 Å². The Balaban J connectivity index is 1.99. The molecule has 0 aromatic heterocycles. The molecule has 0 radical (unpaired) electrons. The van der Waals surface area contributed by atoms with Crippen LogP contribution in [0.2, 0.25) is 18.1 Å². The number of ether oxygens (including phenoxy) is 2. The third kappa shape index (κ3) is 7.31. The highest BCUT2D eigenvalue weighted by Crippen LogP contribution is 2.62. The van der Waals surface area contributed by atoms with Gasteiger partial charge in [-0.2, -0.15) is 0 Å². The summed E-state index contributed by atoms with van der Waals surface area (Å²) in [5, 5.41) is 0.133. The molecule has 0 aromatic rings. The fraction of sp³-hybridized carbons (Fsp3) is 1.00. The minimum Gasteiger partial charge on any atom is -0.411 e. The van der Waals surface area contributed by atoms with Crippen LogP contribution in [-0.2, 0) is 27.5 Å². The molecule has 0 aliphatic carbocycles. The molecule has 2 fully saturated rings. The predicted molar refractivity (Wildman–Crippen MR) is 122 cm³/mol. The highest BCUT2D eigenvalue weighted by molar-refractivity contribution is 8.55. The van der Waals surface area contributed by atoms with Crippen LogP contribution in [0.15, 0.2) is 0 Å². The molecule has 6 nitrogen and oxygen atoms in total. The van der Waals surface area contributed by atoms with Crippen LogP contribution in [0.3, 0.4) is 0 Å². The summed E-state index contributed by atoms with van der Waals surface area (Å²) in [4.78, 5) is 0. The topological polar surface area (TPSA) is 63.2 Å². The van der Waals surface area contributed by atoms with Gasteiger partial charge in [0.2, 0.25) is 0 Å². The zero-order valence-electron chi connectivity index (χ0n) is 19.3. The SMILES string of the molecule is CCCS[P@@](=O)(OC[C@H]1OCCC1O[Si](C)(C)C(C)(C)C)OC1CCO[C@@H]1CC. The highest BCUT2D eigenvalue weighted by atomic mass is 32.7. The fourth-order valence-electron chi connectivity index (χ4n) is 3.24. The lowest BCUT2D eigenvalue weighted by atomic mass is 10.1. The van der Waals surface area contributed by atoms with Crippen LogP contribution >= 0.6 is 18.2 Å². The lowest BCUT2D eigenvalue weighted by Crippen LogP contribution is -2.46. The third-order valence-electron chi connectivity index (χ3n) is 6.07. The van der Waals surface area contributed by atoms with Crippen LogP contribution in [0, 0.1) is 0 Å². The summed E-state index contributed by atoms with van der Waals surface area (Å²) < 4.78 is 43.6. The molecular formula is C20H41O6PSSi. The first-order valence-corrected chi connectivity index (χ1v) is 17.0. The van der Waals surface area contributed by atoms with E-state index in [0.717, 1.165) is 31.4 Å². The molecule has 2 rings (SSSR count). The molecule has 0 bridgehead atoms. The number of rotatable bonds is 11. The van der Waals surface area contributed by atoms with Gasteiger partial charge in [-0.3, -0.25) is 9.05 Å². The van der Waals surface area contributed by atoms with Crippen LogP contribution in [0.25, 0.3) is 0 Å². The van der Waals surface area contributed by atoms with E-state index in [0.29, 0.717) is 13.2 Å². The standard InChI is InChI=1S/C20H41O6PSSi/c1-8-14-28-27(21,25-17-10-12-22-16(17)9-2)24-15-19-18(11-13-23-19)26-29(6,7)20(3,4)5/h16-19H,8-15H2,1-7H3/t16-,17?,18?,19-,27+/m1/s1. The van der Waals surface area contributed by atoms with E-state index in [9.17, 15) is 4.57 Å². The maximum Gasteiger partial charge on any atom is 0.389 e. The summed E-state index contributed by atoms with van der Waals surface area (Å²) >= 11 is 1.29. The van der Waals surface area contributed by atoms with E-state index in [4.69, 9.17) is 22.9 Å². The molecule has 0 N–H and O–H groups in total. The minimum atomic E-state index is -3.29. The Morgan fingerprint density at radius 1 is 1.07 bits per heavy atom. The van der Waals surface area contributed by atoms with Crippen LogP contribution in [0.1, 0.15) is 60.3 Å². The van der Waals surface area contributed by atoms with Gasteiger partial charge < -0.3 is 13.9 Å². The Bertz CT molecular complexity index is 556. The van der Waals surface area contributed by atoms with E-state index in [1.807, 2.05) is 0 Å². The van der Waals surface area contributed by atoms with Crippen LogP contribution in [0.5, 0.6) is 0 Å². The first-order valence-electron chi connectivity index (χ1n) is 11.0. The molecule has 172 valence electrons. The smallest absolute Gasteiger partial charge is 0.389 e. The van der Waals surface area contributed by atoms with Crippen molar-refractivity contribution in [3.63, 3.8) is 0 Å². The Morgan fingerprint density at radius 3 is 2.28 bits per heavy atom. The average molecular weight is 469 g/mol. The molecule has 0 spiro atoms. The van der Waals surface area contributed by atoms with Crippen molar-refractivity contribution in [2.24, 2.45) is 0 Å². The summed E-state index contributed by atoms with van der Waals surface area (Å²) in [6.45, 7) is 13.6. The summed E-state index contributed by atoms with van der Waals surface area (Å²) in [6, 6.07) is 0. The van der Waals surface area contributed by atoms with Gasteiger partial charge in [0.25, 0.3) is 0 Å². The Hall–Kier alpha value is 0.597. The zero-order valence-corrected chi connectivity index (χ0v) is 22.0. The molecule has 5 atom stereocenters. The van der Waals surface area contributed by atoms with Crippen LogP contribution in [-0.4, -0.2) is 58.3 Å². The van der Waals surface area contributed by atoms with Gasteiger partial charge in [-0.1, -0.05) is 34.6 Å². The number of hydrogen-bond donors (Lipinski definition) is 0. The second kappa shape index (κ2) is 11.0. The van der Waals surface area contributed by atoms with Crippen molar-refractivity contribution in [2.45, 2.75) is 103 Å². The molecule has 2 aliphatic rings. The summed E-state index contributed by atoms with van der Waals surface area (Å²) in [5.74, 6) is 0.733. The molecule has 0 amide bonds. The van der Waals surface area contributed by atoms with Gasteiger partial charge in [0.1, 0.15) is 6.10 Å². The van der Waals surface area contributed by atoms with Crippen molar-refractivity contribution in [3.8, 4) is 0 Å². The molecule has 0 aromatic carbocycles. The predicted octanol–water partition coefficient (Wildman–Crippen LogP) is 6.02. The Morgan fingerprint density at radius 2 is 1.69 bits per heavy atom. The van der Waals surface area contributed by atoms with E-state index in [2.05, 4.69) is 47.7 Å². The van der Waals surface area contributed by atoms with Crippen molar-refractivity contribution in [1.29, 1.82) is 0 Å². The molecule has 9 heteroatoms. The fourth-order valence-corrected chi connectivity index (χ4v) is 8.26. The van der Waals surface area contributed by atoms with Crippen molar-refractivity contribution in [1.82, 2.24) is 0 Å². The monoisotopic (exact) mass is 468 g/mol. The minimum absolute atomic E-state index is 0.00783. The van der Waals surface area contributed by atoms with Crippen molar-refractivity contribution in [3.05, 3.63) is 0 Å². The van der Waals surface area contributed by atoms with Gasteiger partial charge in [0, 0.05) is 25.4 Å². The van der Waals surface area contributed by atoms with E-state index < -0.39 is 15.1 Å². The van der Waals surface area contributed by atoms with Gasteiger partial charge in [-0.15, -0.1) is 0 Å². The molecule has 0 saturated carbocycles. The summed E-state index contributed by atoms with van der Waals surface area (Å²) in [5.41, 5.74) is 0. The van der Waals surface area contributed by atoms with E-state index in [1.165, 1.54) is 11.4 Å². The van der Waals surface area contributed by atoms with Gasteiger partial charge in [0.05, 0.1) is 24.9 Å². The van der Waals surface area contributed by atoms with E-state index >= 15 is 0 Å². The van der Waals surface area contributed by atoms with E-state index in [-0.39, 0.29) is 36.1 Å². The van der Waals surface area contributed by atoms with Crippen molar-refractivity contribution < 1.29 is 27.5 Å². The highest BCUT2D eigenvalue weighted by Gasteiger charge is 2.43. The van der Waals surface area contributed by atoms with Gasteiger partial charge in [-0.25, -0.2) is 4.57 Å². The Labute approximate surface area is 182 Å². The molecule has 2 heterocycles. The average Bonchev–Trinajstić information content (AvgIpc) is 3.26. The first-order chi connectivity index (χ1) is 13.5. The molecular weight excluding hydrogens is 427 g/mol. The molecule has 29 heavy (non-hydrogen) atoms. The maximum atomic E-state index is 13.5. The Kier molecular flexibility index (Phi) is 9.76. The lowest BCUT2D eigenvalue weighted by Gasteiger charge is -2.39. The van der Waals surface area contributed by atoms with Crippen LogP contribution < -0.4 is 0 Å². The quantitative estimate of drug-likeness (QED) is 0.271. The second-order valence-corrected chi connectivity index (χ2v) is 18.3. The largest absolute Gasteiger partial charge is 0.411 e. The van der Waals surface area contributed by atoms with Gasteiger partial charge in [0.15, 0.2) is 8.32 Å². The van der Waals surface area contributed by atoms with Crippen molar-refractivity contribution >= 4 is 26.5 Å². The second-order valence-electron chi connectivity index (χ2n) is 9.44. The summed E-state index contributed by atoms with van der Waals surface area (Å²) in [6.07, 6.45) is 2.97. The molecule has 2 aliphatic heterocycles. The zero-order chi connectivity index (χ0) is 21.7. The summed E-state index contributed by atoms with van der Waals surface area (Å²) in [7, 11) is -1.91. The number of hydrogen-bond acceptors (Lipinski definition) is 7. The maximum absolute atomic E-state index is 13.5. The lowest BCUT2D eigenvalue weighted by molar-refractivity contribution is 0.00546. The first kappa shape index (κ1) is 25.9. The van der Waals surface area contributed by atoms with Crippen molar-refractivity contribution in [2.75, 3.05) is 25.6 Å². The molecule has 2 unspecified atom stereocenters. The normalized spacial score (nSPS) is 30.6. The van der Waals surface area contributed by atoms with Crippen LogP contribution in [0.4, 0.5) is 0 Å². The third-order valence-corrected chi connectivity index (χ3v) is 14.5.